The van der Waals surface area contributed by atoms with Crippen molar-refractivity contribution in [2.24, 2.45) is 0 Å². The monoisotopic (exact) mass is 343 g/mol. The second kappa shape index (κ2) is 6.35. The van der Waals surface area contributed by atoms with Crippen molar-refractivity contribution in [2.75, 3.05) is 13.7 Å². The first kappa shape index (κ1) is 15.0. The van der Waals surface area contributed by atoms with E-state index in [-0.39, 0.29) is 5.56 Å². The molecule has 6 heteroatoms. The Balaban J connectivity index is 2.33. The zero-order valence-corrected chi connectivity index (χ0v) is 12.7. The molecule has 0 spiro atoms. The predicted molar refractivity (Wildman–Crippen MR) is 74.8 cm³/mol. The van der Waals surface area contributed by atoms with Crippen LogP contribution in [0.1, 0.15) is 29.6 Å². The van der Waals surface area contributed by atoms with Crippen LogP contribution in [0.5, 0.6) is 0 Å². The summed E-state index contributed by atoms with van der Waals surface area (Å²) in [5.41, 5.74) is -0.0386. The fourth-order valence-electron chi connectivity index (χ4n) is 2.40. The second-order valence-corrected chi connectivity index (χ2v) is 5.48. The topological polar surface area (TPSA) is 46.6 Å². The van der Waals surface area contributed by atoms with Crippen LogP contribution in [-0.2, 0) is 9.53 Å². The van der Waals surface area contributed by atoms with Crippen molar-refractivity contribution in [1.29, 1.82) is 0 Å². The summed E-state index contributed by atoms with van der Waals surface area (Å²) in [6, 6.07) is 3.72. The predicted octanol–water partition coefficient (Wildman–Crippen LogP) is 2.76. The molecule has 1 heterocycles. The van der Waals surface area contributed by atoms with Crippen molar-refractivity contribution >= 4 is 27.8 Å². The Hall–Kier alpha value is -1.43. The molecule has 2 rings (SSSR count). The lowest BCUT2D eigenvalue weighted by Crippen LogP contribution is -2.48. The minimum Gasteiger partial charge on any atom is -0.467 e. The highest BCUT2D eigenvalue weighted by atomic mass is 79.9. The lowest BCUT2D eigenvalue weighted by atomic mass is 10.0. The Morgan fingerprint density at radius 1 is 1.40 bits per heavy atom. The molecule has 1 aromatic rings. The van der Waals surface area contributed by atoms with Gasteiger partial charge in [0.15, 0.2) is 0 Å². The number of hydrogen-bond acceptors (Lipinski definition) is 3. The van der Waals surface area contributed by atoms with Gasteiger partial charge >= 0.3 is 5.97 Å². The molecule has 0 aromatic heterocycles. The van der Waals surface area contributed by atoms with Crippen LogP contribution >= 0.6 is 15.9 Å². The fourth-order valence-corrected chi connectivity index (χ4v) is 2.91. The summed E-state index contributed by atoms with van der Waals surface area (Å²) in [4.78, 5) is 25.7. The number of hydrogen-bond donors (Lipinski definition) is 0. The summed E-state index contributed by atoms with van der Waals surface area (Å²) in [5.74, 6) is -1.53. The number of amides is 1. The maximum absolute atomic E-state index is 13.9. The van der Waals surface area contributed by atoms with Crippen molar-refractivity contribution in [3.63, 3.8) is 0 Å². The summed E-state index contributed by atoms with van der Waals surface area (Å²) in [7, 11) is 1.29. The fraction of sp³-hybridized carbons (Fsp3) is 0.429. The first-order chi connectivity index (χ1) is 9.56. The quantitative estimate of drug-likeness (QED) is 0.775. The van der Waals surface area contributed by atoms with Crippen LogP contribution in [0.4, 0.5) is 4.39 Å². The lowest BCUT2D eigenvalue weighted by Gasteiger charge is -2.34. The third kappa shape index (κ3) is 2.85. The molecule has 0 radical (unpaired) electrons. The zero-order valence-electron chi connectivity index (χ0n) is 11.1. The lowest BCUT2D eigenvalue weighted by molar-refractivity contribution is -0.147. The molecule has 1 atom stereocenters. The molecule has 1 fully saturated rings. The van der Waals surface area contributed by atoms with Gasteiger partial charge in [0.1, 0.15) is 11.9 Å². The molecule has 0 N–H and O–H groups in total. The molecule has 1 saturated heterocycles. The normalized spacial score (nSPS) is 18.8. The van der Waals surface area contributed by atoms with Crippen LogP contribution in [-0.4, -0.2) is 36.5 Å². The van der Waals surface area contributed by atoms with E-state index in [1.165, 1.54) is 24.1 Å². The molecule has 0 aliphatic carbocycles. The molecule has 1 aliphatic heterocycles. The SMILES string of the molecule is COC(=O)C1CCCCN1C(=O)c1c(F)cccc1Br. The average Bonchev–Trinajstić information content (AvgIpc) is 2.46. The molecule has 108 valence electrons. The highest BCUT2D eigenvalue weighted by Crippen LogP contribution is 2.26. The van der Waals surface area contributed by atoms with E-state index >= 15 is 0 Å². The number of carbonyl (C=O) groups is 2. The van der Waals surface area contributed by atoms with E-state index in [0.717, 1.165) is 12.8 Å². The summed E-state index contributed by atoms with van der Waals surface area (Å²) in [6.07, 6.45) is 2.19. The number of halogens is 2. The number of rotatable bonds is 2. The van der Waals surface area contributed by atoms with Gasteiger partial charge in [0.2, 0.25) is 0 Å². The van der Waals surface area contributed by atoms with Crippen LogP contribution in [0.15, 0.2) is 22.7 Å². The Labute approximate surface area is 125 Å². The maximum atomic E-state index is 13.9. The van der Waals surface area contributed by atoms with Crippen molar-refractivity contribution in [3.05, 3.63) is 34.1 Å². The van der Waals surface area contributed by atoms with E-state index in [1.54, 1.807) is 6.07 Å². The van der Waals surface area contributed by atoms with Gasteiger partial charge in [-0.15, -0.1) is 0 Å². The van der Waals surface area contributed by atoms with Crippen molar-refractivity contribution in [3.8, 4) is 0 Å². The van der Waals surface area contributed by atoms with E-state index in [9.17, 15) is 14.0 Å². The van der Waals surface area contributed by atoms with Crippen molar-refractivity contribution in [1.82, 2.24) is 4.90 Å². The molecule has 4 nitrogen and oxygen atoms in total. The Bertz CT molecular complexity index is 515. The number of nitrogens with zero attached hydrogens (tertiary/aromatic N) is 1. The average molecular weight is 344 g/mol. The first-order valence-electron chi connectivity index (χ1n) is 6.39. The van der Waals surface area contributed by atoms with Crippen LogP contribution in [0.2, 0.25) is 0 Å². The number of methoxy groups -OCH3 is 1. The minimum absolute atomic E-state index is 0.0386. The number of likely N-dealkylation sites (tertiary alicyclic amines) is 1. The standard InChI is InChI=1S/C14H15BrFNO3/c1-20-14(19)11-7-2-3-8-17(11)13(18)12-9(15)5-4-6-10(12)16/h4-6,11H,2-3,7-8H2,1H3. The number of piperidine rings is 1. The highest BCUT2D eigenvalue weighted by Gasteiger charge is 2.34. The van der Waals surface area contributed by atoms with Gasteiger partial charge in [-0.3, -0.25) is 4.79 Å². The van der Waals surface area contributed by atoms with Crippen LogP contribution in [0.25, 0.3) is 0 Å². The molecule has 0 saturated carbocycles. The van der Waals surface area contributed by atoms with Gasteiger partial charge in [0, 0.05) is 11.0 Å². The molecule has 1 aromatic carbocycles. The van der Waals surface area contributed by atoms with E-state index in [4.69, 9.17) is 4.74 Å². The van der Waals surface area contributed by atoms with Gasteiger partial charge in [-0.05, 0) is 47.3 Å². The first-order valence-corrected chi connectivity index (χ1v) is 7.18. The number of carbonyl (C=O) groups excluding carboxylic acids is 2. The summed E-state index contributed by atoms with van der Waals surface area (Å²) in [5, 5.41) is 0. The van der Waals surface area contributed by atoms with E-state index in [1.807, 2.05) is 0 Å². The Morgan fingerprint density at radius 2 is 2.15 bits per heavy atom. The van der Waals surface area contributed by atoms with Gasteiger partial charge in [0.05, 0.1) is 12.7 Å². The molecular weight excluding hydrogens is 329 g/mol. The third-order valence-electron chi connectivity index (χ3n) is 3.41. The molecular formula is C14H15BrFNO3. The van der Waals surface area contributed by atoms with Gasteiger partial charge in [-0.2, -0.15) is 0 Å². The molecule has 20 heavy (non-hydrogen) atoms. The summed E-state index contributed by atoms with van der Waals surface area (Å²) in [6.45, 7) is 0.430. The zero-order chi connectivity index (χ0) is 14.7. The van der Waals surface area contributed by atoms with Gasteiger partial charge < -0.3 is 9.64 Å². The van der Waals surface area contributed by atoms with Gasteiger partial charge in [0.25, 0.3) is 5.91 Å². The van der Waals surface area contributed by atoms with E-state index < -0.39 is 23.7 Å². The van der Waals surface area contributed by atoms with Gasteiger partial charge in [-0.25, -0.2) is 9.18 Å². The smallest absolute Gasteiger partial charge is 0.328 e. The van der Waals surface area contributed by atoms with Crippen LogP contribution < -0.4 is 0 Å². The molecule has 1 aliphatic rings. The number of ether oxygens (including phenoxy) is 1. The van der Waals surface area contributed by atoms with E-state index in [2.05, 4.69) is 15.9 Å². The molecule has 1 unspecified atom stereocenters. The van der Waals surface area contributed by atoms with Crippen molar-refractivity contribution in [2.45, 2.75) is 25.3 Å². The van der Waals surface area contributed by atoms with Gasteiger partial charge in [-0.1, -0.05) is 6.07 Å². The number of esters is 1. The maximum Gasteiger partial charge on any atom is 0.328 e. The van der Waals surface area contributed by atoms with E-state index in [0.29, 0.717) is 17.4 Å². The summed E-state index contributed by atoms with van der Waals surface area (Å²) < 4.78 is 19.0. The Kier molecular flexibility index (Phi) is 4.75. The minimum atomic E-state index is -0.632. The van der Waals surface area contributed by atoms with Crippen LogP contribution in [0.3, 0.4) is 0 Å². The number of benzene rings is 1. The van der Waals surface area contributed by atoms with Crippen LogP contribution in [0, 0.1) is 5.82 Å². The highest BCUT2D eigenvalue weighted by molar-refractivity contribution is 9.10. The van der Waals surface area contributed by atoms with Crippen molar-refractivity contribution < 1.29 is 18.7 Å². The summed E-state index contributed by atoms with van der Waals surface area (Å²) >= 11 is 3.18. The largest absolute Gasteiger partial charge is 0.467 e. The third-order valence-corrected chi connectivity index (χ3v) is 4.07. The molecule has 1 amide bonds. The molecule has 0 bridgehead atoms. The second-order valence-electron chi connectivity index (χ2n) is 4.63. The Morgan fingerprint density at radius 3 is 2.80 bits per heavy atom.